The van der Waals surface area contributed by atoms with Crippen molar-refractivity contribution in [3.05, 3.63) is 51.1 Å². The predicted octanol–water partition coefficient (Wildman–Crippen LogP) is 4.43. The van der Waals surface area contributed by atoms with Crippen molar-refractivity contribution in [3.63, 3.8) is 0 Å². The molecule has 1 N–H and O–H groups in total. The third-order valence-electron chi connectivity index (χ3n) is 6.67. The van der Waals surface area contributed by atoms with E-state index in [0.29, 0.717) is 17.2 Å². The average molecular weight is 455 g/mol. The van der Waals surface area contributed by atoms with Crippen LogP contribution in [0.15, 0.2) is 40.5 Å². The molecule has 32 heavy (non-hydrogen) atoms. The van der Waals surface area contributed by atoms with Gasteiger partial charge in [-0.25, -0.2) is 4.79 Å². The topological polar surface area (TPSA) is 70.6 Å². The van der Waals surface area contributed by atoms with Crippen LogP contribution in [0.2, 0.25) is 0 Å². The van der Waals surface area contributed by atoms with E-state index in [9.17, 15) is 9.59 Å². The fraction of sp³-hybridized carbons (Fsp3) is 0.500. The maximum absolute atomic E-state index is 13.6. The lowest BCUT2D eigenvalue weighted by Gasteiger charge is -2.47. The van der Waals surface area contributed by atoms with Crippen molar-refractivity contribution in [3.8, 4) is 5.75 Å². The fourth-order valence-electron chi connectivity index (χ4n) is 5.28. The summed E-state index contributed by atoms with van der Waals surface area (Å²) in [5, 5.41) is 1.92. The van der Waals surface area contributed by atoms with Gasteiger partial charge in [0.15, 0.2) is 0 Å². The van der Waals surface area contributed by atoms with Crippen LogP contribution in [0, 0.1) is 0 Å². The summed E-state index contributed by atoms with van der Waals surface area (Å²) in [6.07, 6.45) is 6.01. The Morgan fingerprint density at radius 3 is 2.72 bits per heavy atom. The molecular weight excluding hydrogens is 424 g/mol. The number of aromatic amines is 1. The molecule has 0 spiro atoms. The van der Waals surface area contributed by atoms with Gasteiger partial charge >= 0.3 is 5.69 Å². The zero-order valence-electron chi connectivity index (χ0n) is 18.5. The minimum absolute atomic E-state index is 0.0151. The molecule has 2 atom stereocenters. The number of aromatic nitrogens is 2. The van der Waals surface area contributed by atoms with Crippen LogP contribution in [-0.4, -0.2) is 51.1 Å². The van der Waals surface area contributed by atoms with Crippen LogP contribution in [0.5, 0.6) is 5.75 Å². The Labute approximate surface area is 191 Å². The van der Waals surface area contributed by atoms with Gasteiger partial charge in [0.2, 0.25) is 0 Å². The molecule has 2 aliphatic heterocycles. The molecule has 0 bridgehead atoms. The molecule has 1 amide bonds. The van der Waals surface area contributed by atoms with Crippen LogP contribution in [0.25, 0.3) is 11.0 Å². The molecule has 0 radical (unpaired) electrons. The van der Waals surface area contributed by atoms with Gasteiger partial charge < -0.3 is 14.6 Å². The number of nitrogens with zero attached hydrogens (tertiary/aromatic N) is 3. The van der Waals surface area contributed by atoms with Crippen LogP contribution in [-0.2, 0) is 0 Å². The Balaban J connectivity index is 1.50. The van der Waals surface area contributed by atoms with Crippen molar-refractivity contribution >= 4 is 28.3 Å². The molecule has 0 saturated carbocycles. The molecular formula is C24H30N4O3S. The SMILES string of the molecule is CCOc1ccsc1C(=O)N1CCCCC1N1CCCCC1n1c(=O)[nH]c2ccccc21. The van der Waals surface area contributed by atoms with Crippen molar-refractivity contribution in [2.45, 2.75) is 57.8 Å². The highest BCUT2D eigenvalue weighted by atomic mass is 32.1. The van der Waals surface area contributed by atoms with E-state index >= 15 is 0 Å². The van der Waals surface area contributed by atoms with Crippen LogP contribution in [0.1, 0.15) is 61.3 Å². The van der Waals surface area contributed by atoms with Gasteiger partial charge in [0.05, 0.1) is 30.0 Å². The number of fused-ring (bicyclic) bond motifs is 1. The van der Waals surface area contributed by atoms with E-state index in [1.807, 2.05) is 52.1 Å². The molecule has 5 rings (SSSR count). The maximum Gasteiger partial charge on any atom is 0.327 e. The number of carbonyl (C=O) groups excluding carboxylic acids is 1. The third-order valence-corrected chi connectivity index (χ3v) is 7.56. The Morgan fingerprint density at radius 2 is 1.88 bits per heavy atom. The van der Waals surface area contributed by atoms with Gasteiger partial charge in [0.1, 0.15) is 10.6 Å². The van der Waals surface area contributed by atoms with Crippen molar-refractivity contribution in [2.24, 2.45) is 0 Å². The summed E-state index contributed by atoms with van der Waals surface area (Å²) in [6.45, 7) is 4.10. The number of thiophene rings is 1. The molecule has 2 unspecified atom stereocenters. The Hall–Kier alpha value is -2.58. The van der Waals surface area contributed by atoms with Gasteiger partial charge in [-0.1, -0.05) is 12.1 Å². The molecule has 4 heterocycles. The lowest BCUT2D eigenvalue weighted by atomic mass is 10.0. The largest absolute Gasteiger partial charge is 0.492 e. The van der Waals surface area contributed by atoms with Gasteiger partial charge in [0, 0.05) is 13.1 Å². The normalized spacial score (nSPS) is 22.3. The zero-order chi connectivity index (χ0) is 22.1. The fourth-order valence-corrected chi connectivity index (χ4v) is 6.07. The zero-order valence-corrected chi connectivity index (χ0v) is 19.3. The molecule has 1 aromatic carbocycles. The first kappa shape index (κ1) is 21.3. The van der Waals surface area contributed by atoms with Gasteiger partial charge in [-0.3, -0.25) is 14.3 Å². The number of ether oxygens (including phenoxy) is 1. The number of nitrogens with one attached hydrogen (secondary N) is 1. The van der Waals surface area contributed by atoms with Crippen LogP contribution in [0.4, 0.5) is 0 Å². The Kier molecular flexibility index (Phi) is 6.06. The van der Waals surface area contributed by atoms with E-state index in [2.05, 4.69) is 9.88 Å². The minimum atomic E-state index is -0.0753. The first-order valence-electron chi connectivity index (χ1n) is 11.6. The number of likely N-dealkylation sites (tertiary alicyclic amines) is 2. The number of benzene rings is 1. The molecule has 2 fully saturated rings. The van der Waals surface area contributed by atoms with E-state index in [1.54, 1.807) is 0 Å². The summed E-state index contributed by atoms with van der Waals surface area (Å²) in [5.74, 6) is 0.721. The van der Waals surface area contributed by atoms with Crippen molar-refractivity contribution < 1.29 is 9.53 Å². The summed E-state index contributed by atoms with van der Waals surface area (Å²) < 4.78 is 7.62. The number of piperidine rings is 2. The van der Waals surface area contributed by atoms with Gasteiger partial charge in [-0.05, 0) is 69.0 Å². The lowest BCUT2D eigenvalue weighted by molar-refractivity contribution is -0.0385. The number of hydrogen-bond donors (Lipinski definition) is 1. The maximum atomic E-state index is 13.6. The Bertz CT molecular complexity index is 1150. The first-order chi connectivity index (χ1) is 15.7. The first-order valence-corrected chi connectivity index (χ1v) is 12.5. The number of rotatable bonds is 5. The van der Waals surface area contributed by atoms with Gasteiger partial charge in [-0.2, -0.15) is 0 Å². The number of carbonyl (C=O) groups is 1. The second kappa shape index (κ2) is 9.11. The summed E-state index contributed by atoms with van der Waals surface area (Å²) in [6, 6.07) is 9.75. The van der Waals surface area contributed by atoms with Crippen molar-refractivity contribution in [2.75, 3.05) is 19.7 Å². The molecule has 7 nitrogen and oxygen atoms in total. The van der Waals surface area contributed by atoms with E-state index in [1.165, 1.54) is 11.3 Å². The summed E-state index contributed by atoms with van der Waals surface area (Å²) in [4.78, 5) is 34.7. The summed E-state index contributed by atoms with van der Waals surface area (Å²) in [7, 11) is 0. The number of hydrogen-bond acceptors (Lipinski definition) is 5. The molecule has 3 aromatic rings. The minimum Gasteiger partial charge on any atom is -0.492 e. The van der Waals surface area contributed by atoms with Gasteiger partial charge in [0.25, 0.3) is 5.91 Å². The van der Waals surface area contributed by atoms with Gasteiger partial charge in [-0.15, -0.1) is 11.3 Å². The highest BCUT2D eigenvalue weighted by molar-refractivity contribution is 7.12. The highest BCUT2D eigenvalue weighted by Gasteiger charge is 2.39. The quantitative estimate of drug-likeness (QED) is 0.619. The van der Waals surface area contributed by atoms with E-state index in [4.69, 9.17) is 4.74 Å². The third kappa shape index (κ3) is 3.75. The summed E-state index contributed by atoms with van der Waals surface area (Å²) >= 11 is 1.45. The monoisotopic (exact) mass is 454 g/mol. The number of H-pyrrole nitrogens is 1. The standard InChI is InChI=1S/C24H30N4O3S/c1-2-31-19-13-16-32-22(19)23(29)27-15-8-5-11-20(27)26-14-7-6-12-21(26)28-18-10-4-3-9-17(18)25-24(28)30/h3-4,9-10,13,16,20-21H,2,5-8,11-12,14-15H2,1H3,(H,25,30). The molecule has 8 heteroatoms. The molecule has 2 aromatic heterocycles. The molecule has 2 aliphatic rings. The number of para-hydroxylation sites is 2. The second-order valence-electron chi connectivity index (χ2n) is 8.55. The highest BCUT2D eigenvalue weighted by Crippen LogP contribution is 2.36. The van der Waals surface area contributed by atoms with Crippen molar-refractivity contribution in [1.82, 2.24) is 19.4 Å². The number of amides is 1. The Morgan fingerprint density at radius 1 is 1.09 bits per heavy atom. The van der Waals surface area contributed by atoms with Crippen LogP contribution in [0.3, 0.4) is 0 Å². The molecule has 170 valence electrons. The van der Waals surface area contributed by atoms with E-state index < -0.39 is 0 Å². The predicted molar refractivity (Wildman–Crippen MR) is 126 cm³/mol. The summed E-state index contributed by atoms with van der Waals surface area (Å²) in [5.41, 5.74) is 1.72. The molecule has 2 saturated heterocycles. The number of imidazole rings is 1. The second-order valence-corrected chi connectivity index (χ2v) is 9.47. The smallest absolute Gasteiger partial charge is 0.327 e. The van der Waals surface area contributed by atoms with Crippen molar-refractivity contribution in [1.29, 1.82) is 0 Å². The van der Waals surface area contributed by atoms with E-state index in [-0.39, 0.29) is 23.9 Å². The lowest BCUT2D eigenvalue weighted by Crippen LogP contribution is -2.56. The average Bonchev–Trinajstić information content (AvgIpc) is 3.42. The van der Waals surface area contributed by atoms with Crippen LogP contribution >= 0.6 is 11.3 Å². The van der Waals surface area contributed by atoms with Crippen LogP contribution < -0.4 is 10.4 Å². The van der Waals surface area contributed by atoms with E-state index in [0.717, 1.165) is 62.6 Å². The molecule has 0 aliphatic carbocycles.